The molecular weight excluding hydrogens is 451 g/mol. The first-order chi connectivity index (χ1) is 11.0. The Morgan fingerprint density at radius 2 is 2.13 bits per heavy atom. The molecule has 3 rings (SSSR count). The number of amides is 1. The van der Waals surface area contributed by atoms with Crippen molar-refractivity contribution < 1.29 is 4.79 Å². The van der Waals surface area contributed by atoms with E-state index in [-0.39, 0.29) is 11.6 Å². The van der Waals surface area contributed by atoms with Gasteiger partial charge >= 0.3 is 0 Å². The van der Waals surface area contributed by atoms with Crippen LogP contribution in [0.4, 0.5) is 5.95 Å². The van der Waals surface area contributed by atoms with E-state index in [1.165, 1.54) is 6.33 Å². The largest absolute Gasteiger partial charge is 0.288 e. The summed E-state index contributed by atoms with van der Waals surface area (Å²) < 4.78 is 2.71. The first-order valence-corrected chi connectivity index (χ1v) is 8.34. The predicted molar refractivity (Wildman–Crippen MR) is 92.5 cm³/mol. The number of nitrogens with zero attached hydrogens (tertiary/aromatic N) is 4. The Kier molecular flexibility index (Phi) is 4.79. The molecule has 0 bridgehead atoms. The number of carbonyl (C=O) groups excluding carboxylic acids is 1. The van der Waals surface area contributed by atoms with E-state index < -0.39 is 5.91 Å². The van der Waals surface area contributed by atoms with Crippen LogP contribution in [0, 0.1) is 0 Å². The average molecular weight is 461 g/mol. The summed E-state index contributed by atoms with van der Waals surface area (Å²) in [7, 11) is 0. The smallest absolute Gasteiger partial charge is 0.279 e. The first-order valence-electron chi connectivity index (χ1n) is 6.38. The average Bonchev–Trinajstić information content (AvgIpc) is 3.09. The summed E-state index contributed by atoms with van der Waals surface area (Å²) >= 11 is 12.6. The lowest BCUT2D eigenvalue weighted by Crippen LogP contribution is -2.14. The predicted octanol–water partition coefficient (Wildman–Crippen LogP) is 3.48. The standard InChI is InChI=1S/C13H9Br2ClN6O/c14-9-10(19-20-11(9)15)12(23)18-13-17-6-22(21-13)5-7-3-1-2-4-8(7)16/h1-4,6H,5H2,(H,19,20)(H,18,21,23). The molecule has 0 aliphatic carbocycles. The molecule has 1 amide bonds. The number of benzene rings is 1. The molecule has 118 valence electrons. The summed E-state index contributed by atoms with van der Waals surface area (Å²) in [4.78, 5) is 16.2. The molecule has 23 heavy (non-hydrogen) atoms. The molecule has 3 aromatic rings. The molecule has 1 aromatic carbocycles. The number of rotatable bonds is 4. The molecule has 0 saturated carbocycles. The number of nitrogens with one attached hydrogen (secondary N) is 2. The summed E-state index contributed by atoms with van der Waals surface area (Å²) in [5, 5.41) is 14.0. The quantitative estimate of drug-likeness (QED) is 0.624. The van der Waals surface area contributed by atoms with Gasteiger partial charge in [-0.05, 0) is 43.5 Å². The Labute approximate surface area is 152 Å². The van der Waals surface area contributed by atoms with Crippen molar-refractivity contribution >= 4 is 55.3 Å². The Bertz CT molecular complexity index is 862. The van der Waals surface area contributed by atoms with Gasteiger partial charge in [0.15, 0.2) is 5.69 Å². The molecule has 0 spiro atoms. The zero-order chi connectivity index (χ0) is 16.4. The van der Waals surface area contributed by atoms with Crippen LogP contribution in [-0.4, -0.2) is 30.9 Å². The van der Waals surface area contributed by atoms with E-state index in [4.69, 9.17) is 11.6 Å². The van der Waals surface area contributed by atoms with E-state index in [0.717, 1.165) is 5.56 Å². The molecule has 2 aromatic heterocycles. The topological polar surface area (TPSA) is 88.5 Å². The van der Waals surface area contributed by atoms with Gasteiger partial charge in [0.1, 0.15) is 10.9 Å². The third kappa shape index (κ3) is 3.62. The third-order valence-electron chi connectivity index (χ3n) is 2.93. The second-order valence-electron chi connectivity index (χ2n) is 4.51. The molecule has 0 aliphatic heterocycles. The lowest BCUT2D eigenvalue weighted by atomic mass is 10.2. The molecule has 0 aliphatic rings. The summed E-state index contributed by atoms with van der Waals surface area (Å²) in [6.45, 7) is 0.459. The van der Waals surface area contributed by atoms with Crippen LogP contribution < -0.4 is 5.32 Å². The highest BCUT2D eigenvalue weighted by Gasteiger charge is 2.18. The maximum Gasteiger partial charge on any atom is 0.279 e. The summed E-state index contributed by atoms with van der Waals surface area (Å²) in [6, 6.07) is 7.47. The zero-order valence-corrected chi connectivity index (χ0v) is 15.4. The number of aromatic nitrogens is 5. The highest BCUT2D eigenvalue weighted by molar-refractivity contribution is 9.13. The van der Waals surface area contributed by atoms with Gasteiger partial charge in [-0.3, -0.25) is 15.2 Å². The van der Waals surface area contributed by atoms with Crippen LogP contribution in [0.3, 0.4) is 0 Å². The molecule has 0 atom stereocenters. The van der Waals surface area contributed by atoms with E-state index in [9.17, 15) is 4.79 Å². The third-order valence-corrected chi connectivity index (χ3v) is 5.18. The zero-order valence-electron chi connectivity index (χ0n) is 11.4. The van der Waals surface area contributed by atoms with Crippen LogP contribution in [-0.2, 0) is 6.54 Å². The fourth-order valence-corrected chi connectivity index (χ4v) is 2.68. The Morgan fingerprint density at radius 3 is 2.83 bits per heavy atom. The maximum atomic E-state index is 12.1. The van der Waals surface area contributed by atoms with Crippen LogP contribution in [0.15, 0.2) is 39.7 Å². The van der Waals surface area contributed by atoms with Crippen LogP contribution in [0.25, 0.3) is 0 Å². The van der Waals surface area contributed by atoms with Gasteiger partial charge in [0, 0.05) is 5.02 Å². The Hall–Kier alpha value is -1.71. The normalized spacial score (nSPS) is 10.7. The van der Waals surface area contributed by atoms with Crippen LogP contribution in [0.2, 0.25) is 5.02 Å². The fourth-order valence-electron chi connectivity index (χ4n) is 1.85. The highest BCUT2D eigenvalue weighted by Crippen LogP contribution is 2.24. The van der Waals surface area contributed by atoms with Gasteiger partial charge < -0.3 is 0 Å². The van der Waals surface area contributed by atoms with Crippen molar-refractivity contribution in [2.45, 2.75) is 6.54 Å². The van der Waals surface area contributed by atoms with Crippen molar-refractivity contribution in [1.29, 1.82) is 0 Å². The summed E-state index contributed by atoms with van der Waals surface area (Å²) in [6.07, 6.45) is 1.52. The lowest BCUT2D eigenvalue weighted by Gasteiger charge is -2.03. The Morgan fingerprint density at radius 1 is 1.35 bits per heavy atom. The number of anilines is 1. The van der Waals surface area contributed by atoms with Crippen molar-refractivity contribution in [3.05, 3.63) is 55.9 Å². The van der Waals surface area contributed by atoms with Crippen molar-refractivity contribution in [3.63, 3.8) is 0 Å². The molecule has 2 N–H and O–H groups in total. The number of H-pyrrole nitrogens is 1. The summed E-state index contributed by atoms with van der Waals surface area (Å²) in [5.74, 6) is -0.234. The van der Waals surface area contributed by atoms with Gasteiger partial charge in [0.05, 0.1) is 11.0 Å². The fraction of sp³-hybridized carbons (Fsp3) is 0.0769. The monoisotopic (exact) mass is 458 g/mol. The number of hydrogen-bond donors (Lipinski definition) is 2. The van der Waals surface area contributed by atoms with E-state index in [1.807, 2.05) is 24.3 Å². The van der Waals surface area contributed by atoms with Gasteiger partial charge in [0.2, 0.25) is 5.95 Å². The second kappa shape index (κ2) is 6.81. The van der Waals surface area contributed by atoms with Crippen molar-refractivity contribution in [1.82, 2.24) is 25.0 Å². The van der Waals surface area contributed by atoms with E-state index >= 15 is 0 Å². The molecule has 0 saturated heterocycles. The Balaban J connectivity index is 1.71. The van der Waals surface area contributed by atoms with Gasteiger partial charge in [-0.25, -0.2) is 9.67 Å². The molecule has 0 fully saturated rings. The van der Waals surface area contributed by atoms with Gasteiger partial charge in [-0.2, -0.15) is 5.10 Å². The van der Waals surface area contributed by atoms with Crippen molar-refractivity contribution in [2.24, 2.45) is 0 Å². The van der Waals surface area contributed by atoms with E-state index in [0.29, 0.717) is 20.6 Å². The van der Waals surface area contributed by atoms with Gasteiger partial charge in [-0.15, -0.1) is 5.10 Å². The molecule has 7 nitrogen and oxygen atoms in total. The molecular formula is C13H9Br2ClN6O. The minimum Gasteiger partial charge on any atom is -0.288 e. The van der Waals surface area contributed by atoms with E-state index in [2.05, 4.69) is 57.5 Å². The number of aromatic amines is 1. The van der Waals surface area contributed by atoms with Crippen molar-refractivity contribution in [3.8, 4) is 0 Å². The number of hydrogen-bond acceptors (Lipinski definition) is 4. The van der Waals surface area contributed by atoms with Gasteiger partial charge in [0.25, 0.3) is 5.91 Å². The molecule has 10 heteroatoms. The highest BCUT2D eigenvalue weighted by atomic mass is 79.9. The van der Waals surface area contributed by atoms with E-state index in [1.54, 1.807) is 4.68 Å². The summed E-state index contributed by atoms with van der Waals surface area (Å²) in [5.41, 5.74) is 1.12. The SMILES string of the molecule is O=C(Nc1ncn(Cc2ccccc2Cl)n1)c1n[nH]c(Br)c1Br. The number of carbonyl (C=O) groups is 1. The lowest BCUT2D eigenvalue weighted by molar-refractivity contribution is 0.102. The second-order valence-corrected chi connectivity index (χ2v) is 6.50. The minimum atomic E-state index is -0.422. The van der Waals surface area contributed by atoms with Crippen LogP contribution in [0.1, 0.15) is 16.1 Å². The van der Waals surface area contributed by atoms with Crippen LogP contribution >= 0.6 is 43.5 Å². The first kappa shape index (κ1) is 16.2. The van der Waals surface area contributed by atoms with Crippen molar-refractivity contribution in [2.75, 3.05) is 5.32 Å². The number of halogens is 3. The molecule has 0 radical (unpaired) electrons. The maximum absolute atomic E-state index is 12.1. The molecule has 0 unspecified atom stereocenters. The molecule has 2 heterocycles. The minimum absolute atomic E-state index is 0.188. The van der Waals surface area contributed by atoms with Crippen LogP contribution in [0.5, 0.6) is 0 Å². The van der Waals surface area contributed by atoms with Gasteiger partial charge in [-0.1, -0.05) is 29.8 Å².